The van der Waals surface area contributed by atoms with Crippen molar-refractivity contribution in [1.29, 1.82) is 0 Å². The van der Waals surface area contributed by atoms with Gasteiger partial charge in [-0.3, -0.25) is 14.4 Å². The highest BCUT2D eigenvalue weighted by Gasteiger charge is 2.16. The molecule has 0 heterocycles. The number of sulfonamides is 1. The van der Waals surface area contributed by atoms with Crippen LogP contribution in [0, 0.1) is 6.92 Å². The molecule has 122 valence electrons. The predicted molar refractivity (Wildman–Crippen MR) is 87.5 cm³/mol. The number of carbonyl (C=O) groups excluding carboxylic acids is 1. The van der Waals surface area contributed by atoms with E-state index in [4.69, 9.17) is 4.84 Å². The van der Waals surface area contributed by atoms with Crippen molar-refractivity contribution in [3.63, 3.8) is 0 Å². The molecule has 2 aromatic carbocycles. The maximum Gasteiger partial charge on any atom is 0.274 e. The van der Waals surface area contributed by atoms with E-state index >= 15 is 0 Å². The summed E-state index contributed by atoms with van der Waals surface area (Å²) >= 11 is 0. The van der Waals surface area contributed by atoms with Gasteiger partial charge in [0.2, 0.25) is 0 Å². The summed E-state index contributed by atoms with van der Waals surface area (Å²) in [5.41, 5.74) is 3.92. The third-order valence-corrected chi connectivity index (χ3v) is 4.40. The van der Waals surface area contributed by atoms with Crippen molar-refractivity contribution in [2.24, 2.45) is 0 Å². The molecule has 0 unspecified atom stereocenters. The lowest BCUT2D eigenvalue weighted by atomic mass is 10.2. The van der Waals surface area contributed by atoms with Crippen molar-refractivity contribution < 1.29 is 18.0 Å². The number of anilines is 1. The Hall–Kier alpha value is -2.38. The summed E-state index contributed by atoms with van der Waals surface area (Å²) in [5, 5.41) is 0. The Morgan fingerprint density at radius 1 is 1.13 bits per heavy atom. The van der Waals surface area contributed by atoms with Crippen LogP contribution in [0.15, 0.2) is 53.4 Å². The zero-order valence-electron chi connectivity index (χ0n) is 12.9. The smallest absolute Gasteiger partial charge is 0.274 e. The highest BCUT2D eigenvalue weighted by atomic mass is 32.2. The number of nitrogens with one attached hydrogen (secondary N) is 2. The molecule has 6 nitrogen and oxygen atoms in total. The minimum absolute atomic E-state index is 0.00206. The maximum atomic E-state index is 12.4. The van der Waals surface area contributed by atoms with Crippen LogP contribution in [0.4, 0.5) is 5.69 Å². The minimum atomic E-state index is -3.77. The molecule has 0 aliphatic heterocycles. The molecule has 0 aromatic heterocycles. The van der Waals surface area contributed by atoms with Crippen molar-refractivity contribution in [2.45, 2.75) is 18.7 Å². The van der Waals surface area contributed by atoms with E-state index in [1.807, 2.05) is 19.1 Å². The summed E-state index contributed by atoms with van der Waals surface area (Å²) in [4.78, 5) is 16.6. The number of rotatable bonds is 6. The van der Waals surface area contributed by atoms with E-state index in [1.165, 1.54) is 24.3 Å². The number of hydroxylamine groups is 1. The van der Waals surface area contributed by atoms with Gasteiger partial charge in [-0.2, -0.15) is 0 Å². The van der Waals surface area contributed by atoms with Gasteiger partial charge >= 0.3 is 0 Å². The van der Waals surface area contributed by atoms with Crippen molar-refractivity contribution in [1.82, 2.24) is 5.48 Å². The lowest BCUT2D eigenvalue weighted by Gasteiger charge is -2.10. The first-order chi connectivity index (χ1) is 10.9. The Kier molecular flexibility index (Phi) is 5.36. The third-order valence-electron chi connectivity index (χ3n) is 3.02. The Morgan fingerprint density at radius 3 is 2.48 bits per heavy atom. The fourth-order valence-corrected chi connectivity index (χ4v) is 2.94. The average molecular weight is 334 g/mol. The molecule has 0 atom stereocenters. The predicted octanol–water partition coefficient (Wildman–Crippen LogP) is 2.48. The summed E-state index contributed by atoms with van der Waals surface area (Å²) in [7, 11) is -3.77. The number of hydrogen-bond donors (Lipinski definition) is 2. The summed E-state index contributed by atoms with van der Waals surface area (Å²) in [6, 6.07) is 12.7. The monoisotopic (exact) mass is 334 g/mol. The zero-order chi connectivity index (χ0) is 16.9. The Bertz CT molecular complexity index is 786. The van der Waals surface area contributed by atoms with Gasteiger partial charge in [0.1, 0.15) is 0 Å². The number of aryl methyl sites for hydroxylation is 1. The molecule has 0 radical (unpaired) electrons. The second kappa shape index (κ2) is 7.26. The first kappa shape index (κ1) is 17.0. The molecule has 0 aliphatic carbocycles. The molecular formula is C16H18N2O4S. The van der Waals surface area contributed by atoms with Crippen LogP contribution in [-0.2, 0) is 14.9 Å². The fourth-order valence-electron chi connectivity index (χ4n) is 1.84. The summed E-state index contributed by atoms with van der Waals surface area (Å²) in [5.74, 6) is -0.501. The van der Waals surface area contributed by atoms with Gasteiger partial charge in [-0.25, -0.2) is 13.9 Å². The quantitative estimate of drug-likeness (QED) is 0.795. The Labute approximate surface area is 135 Å². The lowest BCUT2D eigenvalue weighted by molar-refractivity contribution is 0.0364. The summed E-state index contributed by atoms with van der Waals surface area (Å²) in [6.07, 6.45) is 0. The largest absolute Gasteiger partial charge is 0.280 e. The summed E-state index contributed by atoms with van der Waals surface area (Å²) < 4.78 is 27.3. The number of hydrogen-bond acceptors (Lipinski definition) is 4. The highest BCUT2D eigenvalue weighted by Crippen LogP contribution is 2.17. The minimum Gasteiger partial charge on any atom is -0.280 e. The SMILES string of the molecule is CCONC(=O)c1cccc(S(=O)(=O)Nc2ccc(C)cc2)c1. The van der Waals surface area contributed by atoms with Crippen LogP contribution in [0.1, 0.15) is 22.8 Å². The Balaban J connectivity index is 2.22. The van der Waals surface area contributed by atoms with E-state index in [0.29, 0.717) is 12.3 Å². The van der Waals surface area contributed by atoms with Crippen molar-refractivity contribution >= 4 is 21.6 Å². The first-order valence-corrected chi connectivity index (χ1v) is 8.52. The van der Waals surface area contributed by atoms with Crippen LogP contribution < -0.4 is 10.2 Å². The van der Waals surface area contributed by atoms with Crippen LogP contribution in [0.2, 0.25) is 0 Å². The van der Waals surface area contributed by atoms with Crippen molar-refractivity contribution in [2.75, 3.05) is 11.3 Å². The van der Waals surface area contributed by atoms with Gasteiger partial charge in [-0.1, -0.05) is 23.8 Å². The van der Waals surface area contributed by atoms with E-state index in [-0.39, 0.29) is 10.5 Å². The molecule has 7 heteroatoms. The lowest BCUT2D eigenvalue weighted by Crippen LogP contribution is -2.24. The van der Waals surface area contributed by atoms with E-state index in [0.717, 1.165) is 5.56 Å². The van der Waals surface area contributed by atoms with E-state index in [9.17, 15) is 13.2 Å². The molecule has 2 aromatic rings. The van der Waals surface area contributed by atoms with Crippen molar-refractivity contribution in [3.8, 4) is 0 Å². The van der Waals surface area contributed by atoms with Crippen LogP contribution in [0.3, 0.4) is 0 Å². The first-order valence-electron chi connectivity index (χ1n) is 7.04. The number of amides is 1. The summed E-state index contributed by atoms with van der Waals surface area (Å²) in [6.45, 7) is 3.96. The third kappa shape index (κ3) is 4.54. The van der Waals surface area contributed by atoms with Crippen LogP contribution in [0.5, 0.6) is 0 Å². The molecule has 0 aliphatic rings. The molecule has 1 amide bonds. The maximum absolute atomic E-state index is 12.4. The molecule has 0 fully saturated rings. The van der Waals surface area contributed by atoms with Gasteiger partial charge in [-0.05, 0) is 44.2 Å². The van der Waals surface area contributed by atoms with E-state index in [2.05, 4.69) is 10.2 Å². The van der Waals surface area contributed by atoms with Crippen LogP contribution in [-0.4, -0.2) is 20.9 Å². The molecular weight excluding hydrogens is 316 g/mol. The van der Waals surface area contributed by atoms with Crippen LogP contribution in [0.25, 0.3) is 0 Å². The van der Waals surface area contributed by atoms with Gasteiger partial charge in [-0.15, -0.1) is 0 Å². The van der Waals surface area contributed by atoms with Gasteiger partial charge in [0.05, 0.1) is 11.5 Å². The average Bonchev–Trinajstić information content (AvgIpc) is 2.54. The number of carbonyl (C=O) groups is 1. The van der Waals surface area contributed by atoms with Gasteiger partial charge < -0.3 is 0 Å². The number of benzene rings is 2. The molecule has 2 rings (SSSR count). The van der Waals surface area contributed by atoms with Crippen molar-refractivity contribution in [3.05, 3.63) is 59.7 Å². The van der Waals surface area contributed by atoms with Gasteiger partial charge in [0.25, 0.3) is 15.9 Å². The van der Waals surface area contributed by atoms with Gasteiger partial charge in [0, 0.05) is 11.3 Å². The second-order valence-corrected chi connectivity index (χ2v) is 6.55. The molecule has 2 N–H and O–H groups in total. The van der Waals surface area contributed by atoms with Gasteiger partial charge in [0.15, 0.2) is 0 Å². The van der Waals surface area contributed by atoms with Crippen LogP contribution >= 0.6 is 0 Å². The molecule has 0 saturated heterocycles. The molecule has 0 spiro atoms. The van der Waals surface area contributed by atoms with E-state index < -0.39 is 15.9 Å². The Morgan fingerprint density at radius 2 is 1.83 bits per heavy atom. The molecule has 0 saturated carbocycles. The topological polar surface area (TPSA) is 84.5 Å². The van der Waals surface area contributed by atoms with E-state index in [1.54, 1.807) is 19.1 Å². The standard InChI is InChI=1S/C16H18N2O4S/c1-3-22-17-16(19)13-5-4-6-15(11-13)23(20,21)18-14-9-7-12(2)8-10-14/h4-11,18H,3H2,1-2H3,(H,17,19). The molecule has 23 heavy (non-hydrogen) atoms. The fraction of sp³-hybridized carbons (Fsp3) is 0.188. The molecule has 0 bridgehead atoms. The normalized spacial score (nSPS) is 11.0. The second-order valence-electron chi connectivity index (χ2n) is 4.86. The zero-order valence-corrected chi connectivity index (χ0v) is 13.7. The highest BCUT2D eigenvalue weighted by molar-refractivity contribution is 7.92.